The lowest BCUT2D eigenvalue weighted by molar-refractivity contribution is 0.0736. The van der Waals surface area contributed by atoms with Gasteiger partial charge in [-0.2, -0.15) is 0 Å². The van der Waals surface area contributed by atoms with Gasteiger partial charge in [0, 0.05) is 37.7 Å². The molecule has 0 saturated carbocycles. The summed E-state index contributed by atoms with van der Waals surface area (Å²) in [4.78, 5) is 18.7. The van der Waals surface area contributed by atoms with Gasteiger partial charge in [-0.25, -0.2) is 4.98 Å². The number of hydrogen-bond acceptors (Lipinski definition) is 3. The highest BCUT2D eigenvalue weighted by Crippen LogP contribution is 2.19. The summed E-state index contributed by atoms with van der Waals surface area (Å²) in [5.74, 6) is 0.119. The maximum absolute atomic E-state index is 12.6. The number of carbonyl (C=O) groups excluding carboxylic acids is 1. The van der Waals surface area contributed by atoms with Gasteiger partial charge in [-0.1, -0.05) is 0 Å². The Balaban J connectivity index is 0.00000110. The maximum Gasteiger partial charge on any atom is 0.255 e. The van der Waals surface area contributed by atoms with Gasteiger partial charge in [0.05, 0.1) is 5.56 Å². The fourth-order valence-corrected chi connectivity index (χ4v) is 2.76. The summed E-state index contributed by atoms with van der Waals surface area (Å²) in [6.45, 7) is 1.71. The van der Waals surface area contributed by atoms with Crippen molar-refractivity contribution in [1.29, 1.82) is 0 Å². The Morgan fingerprint density at radius 3 is 3.00 bits per heavy atom. The van der Waals surface area contributed by atoms with Gasteiger partial charge in [0.1, 0.15) is 5.65 Å². The molecule has 0 spiro atoms. The molecule has 1 amide bonds. The Kier molecular flexibility index (Phi) is 6.45. The molecule has 1 aliphatic heterocycles. The zero-order valence-corrected chi connectivity index (χ0v) is 13.5. The monoisotopic (exact) mass is 330 g/mol. The van der Waals surface area contributed by atoms with Crippen LogP contribution < -0.4 is 5.32 Å². The minimum atomic E-state index is 0. The number of hydrogen-bond donors (Lipinski definition) is 1. The Morgan fingerprint density at radius 1 is 1.43 bits per heavy atom. The number of likely N-dealkylation sites (tertiary alicyclic amines) is 1. The summed E-state index contributed by atoms with van der Waals surface area (Å²) in [6.07, 6.45) is 7.63. The second-order valence-electron chi connectivity index (χ2n) is 4.96. The number of halogens is 2. The van der Waals surface area contributed by atoms with E-state index in [2.05, 4.69) is 10.3 Å². The van der Waals surface area contributed by atoms with Crippen LogP contribution in [0.2, 0.25) is 0 Å². The number of pyridine rings is 1. The van der Waals surface area contributed by atoms with Gasteiger partial charge in [0.2, 0.25) is 0 Å². The molecule has 1 fully saturated rings. The standard InChI is InChI=1S/C14H18N4O.2ClH/c1-15-9-12-3-2-7-18(12)14(19)11-4-5-13-16-6-8-17(13)10-11;;/h4-6,8,10,12,15H,2-3,7,9H2,1H3;2*1H. The molecule has 116 valence electrons. The van der Waals surface area contributed by atoms with Crippen LogP contribution in [0.3, 0.4) is 0 Å². The molecule has 7 heteroatoms. The smallest absolute Gasteiger partial charge is 0.255 e. The van der Waals surface area contributed by atoms with Crippen LogP contribution in [0.4, 0.5) is 0 Å². The van der Waals surface area contributed by atoms with E-state index in [4.69, 9.17) is 0 Å². The average molecular weight is 331 g/mol. The Bertz CT molecular complexity index is 601. The molecule has 3 rings (SSSR count). The van der Waals surface area contributed by atoms with Crippen molar-refractivity contribution < 1.29 is 4.79 Å². The number of likely N-dealkylation sites (N-methyl/N-ethyl adjacent to an activating group) is 1. The van der Waals surface area contributed by atoms with Crippen molar-refractivity contribution in [2.24, 2.45) is 0 Å². The van der Waals surface area contributed by atoms with Crippen molar-refractivity contribution >= 4 is 36.4 Å². The van der Waals surface area contributed by atoms with E-state index in [1.165, 1.54) is 0 Å². The lowest BCUT2D eigenvalue weighted by Crippen LogP contribution is -2.40. The van der Waals surface area contributed by atoms with Gasteiger partial charge in [0.15, 0.2) is 0 Å². The predicted octanol–water partition coefficient (Wildman–Crippen LogP) is 2.00. The van der Waals surface area contributed by atoms with Crippen molar-refractivity contribution in [2.45, 2.75) is 18.9 Å². The third-order valence-corrected chi connectivity index (χ3v) is 3.71. The van der Waals surface area contributed by atoms with Crippen LogP contribution in [0, 0.1) is 0 Å². The number of fused-ring (bicyclic) bond motifs is 1. The van der Waals surface area contributed by atoms with E-state index in [0.29, 0.717) is 6.04 Å². The minimum Gasteiger partial charge on any atom is -0.334 e. The van der Waals surface area contributed by atoms with Gasteiger partial charge in [-0.15, -0.1) is 24.8 Å². The molecule has 0 aromatic carbocycles. The molecule has 3 heterocycles. The van der Waals surface area contributed by atoms with Crippen molar-refractivity contribution in [3.05, 3.63) is 36.3 Å². The highest BCUT2D eigenvalue weighted by Gasteiger charge is 2.28. The number of aromatic nitrogens is 2. The zero-order chi connectivity index (χ0) is 13.2. The van der Waals surface area contributed by atoms with E-state index < -0.39 is 0 Å². The molecule has 1 atom stereocenters. The molecule has 0 bridgehead atoms. The van der Waals surface area contributed by atoms with Gasteiger partial charge in [0.25, 0.3) is 5.91 Å². The van der Waals surface area contributed by atoms with Gasteiger partial charge in [-0.3, -0.25) is 4.79 Å². The number of carbonyl (C=O) groups is 1. The Morgan fingerprint density at radius 2 is 2.24 bits per heavy atom. The largest absolute Gasteiger partial charge is 0.334 e. The summed E-state index contributed by atoms with van der Waals surface area (Å²) in [5, 5.41) is 3.16. The van der Waals surface area contributed by atoms with Crippen LogP contribution in [0.15, 0.2) is 30.7 Å². The SMILES string of the molecule is CNCC1CCCN1C(=O)c1ccc2nccn2c1.Cl.Cl. The summed E-state index contributed by atoms with van der Waals surface area (Å²) in [7, 11) is 1.93. The normalized spacial score (nSPS) is 17.4. The first-order chi connectivity index (χ1) is 9.29. The first kappa shape index (κ1) is 17.8. The van der Waals surface area contributed by atoms with Crippen LogP contribution in [-0.2, 0) is 0 Å². The first-order valence-electron chi connectivity index (χ1n) is 6.68. The van der Waals surface area contributed by atoms with E-state index in [1.807, 2.05) is 40.9 Å². The number of rotatable bonds is 3. The molecule has 5 nitrogen and oxygen atoms in total. The number of imidazole rings is 1. The highest BCUT2D eigenvalue weighted by atomic mass is 35.5. The average Bonchev–Trinajstić information content (AvgIpc) is 3.05. The Hall–Kier alpha value is -1.30. The molecule has 1 aliphatic rings. The zero-order valence-electron chi connectivity index (χ0n) is 11.9. The van der Waals surface area contributed by atoms with Crippen LogP contribution >= 0.6 is 24.8 Å². The molecular weight excluding hydrogens is 311 g/mol. The van der Waals surface area contributed by atoms with Crippen LogP contribution in [-0.4, -0.2) is 46.4 Å². The van der Waals surface area contributed by atoms with Crippen molar-refractivity contribution in [1.82, 2.24) is 19.6 Å². The third-order valence-electron chi connectivity index (χ3n) is 3.71. The second kappa shape index (κ2) is 7.64. The quantitative estimate of drug-likeness (QED) is 0.936. The van der Waals surface area contributed by atoms with Gasteiger partial charge >= 0.3 is 0 Å². The fourth-order valence-electron chi connectivity index (χ4n) is 2.76. The summed E-state index contributed by atoms with van der Waals surface area (Å²) >= 11 is 0. The van der Waals surface area contributed by atoms with E-state index in [1.54, 1.807) is 6.20 Å². The van der Waals surface area contributed by atoms with Gasteiger partial charge < -0.3 is 14.6 Å². The molecule has 1 N–H and O–H groups in total. The summed E-state index contributed by atoms with van der Waals surface area (Å²) in [5.41, 5.74) is 1.60. The van der Waals surface area contributed by atoms with E-state index in [0.717, 1.165) is 37.1 Å². The van der Waals surface area contributed by atoms with Crippen LogP contribution in [0.5, 0.6) is 0 Å². The maximum atomic E-state index is 12.6. The van der Waals surface area contributed by atoms with Gasteiger partial charge in [-0.05, 0) is 32.0 Å². The summed E-state index contributed by atoms with van der Waals surface area (Å²) in [6, 6.07) is 4.06. The van der Waals surface area contributed by atoms with Crippen molar-refractivity contribution in [2.75, 3.05) is 20.1 Å². The molecule has 1 saturated heterocycles. The lowest BCUT2D eigenvalue weighted by Gasteiger charge is -2.24. The molecule has 2 aromatic rings. The second-order valence-corrected chi connectivity index (χ2v) is 4.96. The predicted molar refractivity (Wildman–Crippen MR) is 87.7 cm³/mol. The van der Waals surface area contributed by atoms with E-state index in [9.17, 15) is 4.79 Å². The number of nitrogens with zero attached hydrogens (tertiary/aromatic N) is 3. The lowest BCUT2D eigenvalue weighted by atomic mass is 10.2. The molecule has 0 radical (unpaired) electrons. The molecule has 2 aromatic heterocycles. The fraction of sp³-hybridized carbons (Fsp3) is 0.429. The number of amides is 1. The van der Waals surface area contributed by atoms with Crippen molar-refractivity contribution in [3.63, 3.8) is 0 Å². The van der Waals surface area contributed by atoms with E-state index >= 15 is 0 Å². The summed E-state index contributed by atoms with van der Waals surface area (Å²) < 4.78 is 1.89. The highest BCUT2D eigenvalue weighted by molar-refractivity contribution is 5.94. The molecule has 1 unspecified atom stereocenters. The molecule has 0 aliphatic carbocycles. The minimum absolute atomic E-state index is 0. The Labute approximate surface area is 136 Å². The molecular formula is C14H20Cl2N4O. The first-order valence-corrected chi connectivity index (χ1v) is 6.68. The van der Waals surface area contributed by atoms with Crippen LogP contribution in [0.1, 0.15) is 23.2 Å². The topological polar surface area (TPSA) is 49.6 Å². The third kappa shape index (κ3) is 3.48. The number of nitrogens with one attached hydrogen (secondary N) is 1. The van der Waals surface area contributed by atoms with E-state index in [-0.39, 0.29) is 30.7 Å². The molecule has 21 heavy (non-hydrogen) atoms. The van der Waals surface area contributed by atoms with Crippen molar-refractivity contribution in [3.8, 4) is 0 Å². The van der Waals surface area contributed by atoms with Crippen LogP contribution in [0.25, 0.3) is 5.65 Å².